The van der Waals surface area contributed by atoms with Crippen molar-refractivity contribution in [3.8, 4) is 0 Å². The molecule has 0 fully saturated rings. The van der Waals surface area contributed by atoms with Gasteiger partial charge in [0.2, 0.25) is 0 Å². The topological polar surface area (TPSA) is 66.4 Å². The maximum absolute atomic E-state index is 12.0. The predicted octanol–water partition coefficient (Wildman–Crippen LogP) is 1.53. The number of rotatable bonds is 2. The summed E-state index contributed by atoms with van der Waals surface area (Å²) in [5.41, 5.74) is 0. The quantitative estimate of drug-likeness (QED) is 0.652. The number of nitrogens with zero attached hydrogens (tertiary/aromatic N) is 4. The highest BCUT2D eigenvalue weighted by atomic mass is 32.1. The Labute approximate surface area is 126 Å². The molecule has 2 aromatic heterocycles. The van der Waals surface area contributed by atoms with E-state index in [1.165, 1.54) is 12.4 Å². The van der Waals surface area contributed by atoms with E-state index >= 15 is 0 Å². The average molecular weight is 306 g/mol. The lowest BCUT2D eigenvalue weighted by molar-refractivity contribution is -0.134. The molecule has 0 bridgehead atoms. The second kappa shape index (κ2) is 6.40. The van der Waals surface area contributed by atoms with Crippen molar-refractivity contribution in [2.75, 3.05) is 8.61 Å². The minimum absolute atomic E-state index is 0.247. The number of anilines is 2. The third-order valence-corrected chi connectivity index (χ3v) is 3.07. The van der Waals surface area contributed by atoms with Gasteiger partial charge in [0.05, 0.1) is 0 Å². The average Bonchev–Trinajstić information content (AvgIpc) is 2.53. The van der Waals surface area contributed by atoms with E-state index in [4.69, 9.17) is 0 Å². The number of amides is 2. The van der Waals surface area contributed by atoms with Gasteiger partial charge in [0.1, 0.15) is 11.6 Å². The van der Waals surface area contributed by atoms with Crippen LogP contribution in [-0.2, 0) is 9.59 Å². The van der Waals surface area contributed by atoms with Crippen LogP contribution in [0.3, 0.4) is 0 Å². The molecule has 0 N–H and O–H groups in total. The molecule has 2 rings (SSSR count). The molecule has 0 spiro atoms. The Kier molecular flexibility index (Phi) is 4.59. The van der Waals surface area contributed by atoms with Crippen molar-refractivity contribution in [3.05, 3.63) is 48.8 Å². The standard InChI is InChI=1S/C12H10N4O2S2/c17-11(15(19)9-5-1-3-7-13-9)12(18)16(20)10-6-2-4-8-14-10/h1-8,19-20H. The van der Waals surface area contributed by atoms with Crippen molar-refractivity contribution in [3.63, 3.8) is 0 Å². The number of carbonyl (C=O) groups excluding carboxylic acids is 2. The maximum atomic E-state index is 12.0. The number of aromatic nitrogens is 2. The van der Waals surface area contributed by atoms with Crippen molar-refractivity contribution in [1.29, 1.82) is 0 Å². The van der Waals surface area contributed by atoms with Gasteiger partial charge in [-0.25, -0.2) is 18.6 Å². The zero-order valence-electron chi connectivity index (χ0n) is 10.1. The van der Waals surface area contributed by atoms with Crippen LogP contribution in [-0.4, -0.2) is 21.8 Å². The van der Waals surface area contributed by atoms with Gasteiger partial charge in [0.15, 0.2) is 0 Å². The molecule has 20 heavy (non-hydrogen) atoms. The Hall–Kier alpha value is -2.06. The third-order valence-electron chi connectivity index (χ3n) is 2.30. The van der Waals surface area contributed by atoms with Crippen LogP contribution in [0.15, 0.2) is 48.8 Å². The first kappa shape index (κ1) is 14.4. The second-order valence-corrected chi connectivity index (χ2v) is 4.41. The molecule has 2 aromatic rings. The normalized spacial score (nSPS) is 9.90. The van der Waals surface area contributed by atoms with E-state index in [0.717, 1.165) is 8.61 Å². The van der Waals surface area contributed by atoms with Crippen LogP contribution in [0.2, 0.25) is 0 Å². The van der Waals surface area contributed by atoms with Crippen LogP contribution in [0, 0.1) is 0 Å². The SMILES string of the molecule is O=C(C(=O)N(S)c1ccccn1)N(S)c1ccccn1. The highest BCUT2D eigenvalue weighted by molar-refractivity contribution is 7.83. The Bertz CT molecular complexity index is 554. The zero-order valence-corrected chi connectivity index (χ0v) is 11.9. The highest BCUT2D eigenvalue weighted by Gasteiger charge is 2.27. The van der Waals surface area contributed by atoms with Crippen molar-refractivity contribution < 1.29 is 9.59 Å². The third kappa shape index (κ3) is 3.09. The predicted molar refractivity (Wildman–Crippen MR) is 81.4 cm³/mol. The molecular weight excluding hydrogens is 296 g/mol. The van der Waals surface area contributed by atoms with E-state index in [2.05, 4.69) is 35.6 Å². The summed E-state index contributed by atoms with van der Waals surface area (Å²) < 4.78 is 1.71. The molecule has 8 heteroatoms. The summed E-state index contributed by atoms with van der Waals surface area (Å²) in [5, 5.41) is 0. The molecule has 0 aromatic carbocycles. The van der Waals surface area contributed by atoms with E-state index in [0.29, 0.717) is 0 Å². The van der Waals surface area contributed by atoms with Crippen LogP contribution in [0.25, 0.3) is 0 Å². The van der Waals surface area contributed by atoms with Crippen LogP contribution >= 0.6 is 25.6 Å². The number of thiol groups is 2. The number of carbonyl (C=O) groups is 2. The van der Waals surface area contributed by atoms with E-state index < -0.39 is 11.8 Å². The molecule has 0 aliphatic rings. The summed E-state index contributed by atoms with van der Waals surface area (Å²) in [7, 11) is 0. The molecule has 0 saturated carbocycles. The van der Waals surface area contributed by atoms with Crippen LogP contribution in [0.4, 0.5) is 11.6 Å². The molecule has 2 amide bonds. The number of hydrogen-bond donors (Lipinski definition) is 2. The Morgan fingerprint density at radius 1 is 0.800 bits per heavy atom. The maximum Gasteiger partial charge on any atom is 0.328 e. The summed E-state index contributed by atoms with van der Waals surface area (Å²) in [6.45, 7) is 0. The molecule has 0 aliphatic carbocycles. The Morgan fingerprint density at radius 2 is 1.20 bits per heavy atom. The van der Waals surface area contributed by atoms with Crippen molar-refractivity contribution in [1.82, 2.24) is 9.97 Å². The van der Waals surface area contributed by atoms with Gasteiger partial charge in [-0.05, 0) is 24.3 Å². The fourth-order valence-corrected chi connectivity index (χ4v) is 1.76. The summed E-state index contributed by atoms with van der Waals surface area (Å²) in [4.78, 5) is 31.9. The van der Waals surface area contributed by atoms with E-state index in [-0.39, 0.29) is 11.6 Å². The Morgan fingerprint density at radius 3 is 1.50 bits per heavy atom. The summed E-state index contributed by atoms with van der Waals surface area (Å²) in [5.74, 6) is -1.27. The second-order valence-electron chi connectivity index (χ2n) is 3.61. The first-order chi connectivity index (χ1) is 9.61. The van der Waals surface area contributed by atoms with Crippen molar-refractivity contribution in [2.24, 2.45) is 0 Å². The lowest BCUT2D eigenvalue weighted by atomic mass is 10.4. The lowest BCUT2D eigenvalue weighted by Gasteiger charge is -2.18. The molecule has 0 aliphatic heterocycles. The minimum Gasteiger partial charge on any atom is -0.262 e. The van der Waals surface area contributed by atoms with Gasteiger partial charge in [-0.3, -0.25) is 9.59 Å². The van der Waals surface area contributed by atoms with Gasteiger partial charge < -0.3 is 0 Å². The van der Waals surface area contributed by atoms with Gasteiger partial charge in [0.25, 0.3) is 0 Å². The zero-order chi connectivity index (χ0) is 14.5. The Balaban J connectivity index is 2.15. The number of hydrogen-bond acceptors (Lipinski definition) is 6. The lowest BCUT2D eigenvalue weighted by Crippen LogP contribution is -2.38. The molecular formula is C12H10N4O2S2. The van der Waals surface area contributed by atoms with Crippen LogP contribution in [0.1, 0.15) is 0 Å². The summed E-state index contributed by atoms with van der Waals surface area (Å²) in [6, 6.07) is 9.86. The molecule has 0 atom stereocenters. The highest BCUT2D eigenvalue weighted by Crippen LogP contribution is 2.16. The van der Waals surface area contributed by atoms with Gasteiger partial charge in [-0.2, -0.15) is 0 Å². The molecule has 0 radical (unpaired) electrons. The van der Waals surface area contributed by atoms with Gasteiger partial charge in [-0.1, -0.05) is 37.8 Å². The monoisotopic (exact) mass is 306 g/mol. The van der Waals surface area contributed by atoms with Gasteiger partial charge in [-0.15, -0.1) is 0 Å². The van der Waals surface area contributed by atoms with E-state index in [9.17, 15) is 9.59 Å². The molecule has 102 valence electrons. The largest absolute Gasteiger partial charge is 0.328 e. The van der Waals surface area contributed by atoms with Crippen LogP contribution in [0.5, 0.6) is 0 Å². The molecule has 0 saturated heterocycles. The fourth-order valence-electron chi connectivity index (χ4n) is 1.35. The molecule has 0 unspecified atom stereocenters. The van der Waals surface area contributed by atoms with Gasteiger partial charge >= 0.3 is 11.8 Å². The minimum atomic E-state index is -0.882. The first-order valence-corrected chi connectivity index (χ1v) is 6.29. The first-order valence-electron chi connectivity index (χ1n) is 5.49. The fraction of sp³-hybridized carbons (Fsp3) is 0. The van der Waals surface area contributed by atoms with E-state index in [1.54, 1.807) is 36.4 Å². The summed E-state index contributed by atoms with van der Waals surface area (Å²) in [6.07, 6.45) is 2.99. The molecule has 2 heterocycles. The van der Waals surface area contributed by atoms with Crippen LogP contribution < -0.4 is 8.61 Å². The number of pyridine rings is 2. The molecule has 6 nitrogen and oxygen atoms in total. The van der Waals surface area contributed by atoms with Crippen molar-refractivity contribution in [2.45, 2.75) is 0 Å². The van der Waals surface area contributed by atoms with Gasteiger partial charge in [0, 0.05) is 12.4 Å². The van der Waals surface area contributed by atoms with Crippen molar-refractivity contribution >= 4 is 49.1 Å². The van der Waals surface area contributed by atoms with E-state index in [1.807, 2.05) is 0 Å². The smallest absolute Gasteiger partial charge is 0.262 e. The summed E-state index contributed by atoms with van der Waals surface area (Å²) >= 11 is 7.96.